The maximum Gasteiger partial charge on any atom is 0.338 e. The number of carbonyl (C=O) groups is 1. The van der Waals surface area contributed by atoms with Crippen molar-refractivity contribution in [3.63, 3.8) is 0 Å². The summed E-state index contributed by atoms with van der Waals surface area (Å²) in [7, 11) is 1.42. The fourth-order valence-electron chi connectivity index (χ4n) is 1.56. The first-order valence-corrected chi connectivity index (χ1v) is 5.86. The lowest BCUT2D eigenvalue weighted by atomic mass is 10.1. The molecule has 20 heavy (non-hydrogen) atoms. The Balaban J connectivity index is 3.23. The quantitative estimate of drug-likeness (QED) is 0.513. The van der Waals surface area contributed by atoms with E-state index < -0.39 is 22.6 Å². The predicted molar refractivity (Wildman–Crippen MR) is 71.4 cm³/mol. The zero-order valence-corrected chi connectivity index (χ0v) is 11.3. The van der Waals surface area contributed by atoms with Crippen LogP contribution in [0.2, 0.25) is 5.02 Å². The summed E-state index contributed by atoms with van der Waals surface area (Å²) in [6.45, 7) is -0.205. The van der Waals surface area contributed by atoms with E-state index >= 15 is 0 Å². The lowest BCUT2D eigenvalue weighted by Crippen LogP contribution is -2.29. The highest BCUT2D eigenvalue weighted by molar-refractivity contribution is 6.34. The fourth-order valence-corrected chi connectivity index (χ4v) is 1.83. The summed E-state index contributed by atoms with van der Waals surface area (Å²) < 4.78 is 4.85. The zero-order chi connectivity index (χ0) is 15.3. The number of aliphatic hydroxyl groups is 1. The van der Waals surface area contributed by atoms with E-state index in [0.29, 0.717) is 0 Å². The van der Waals surface area contributed by atoms with Gasteiger partial charge in [0.05, 0.1) is 40.5 Å². The molecule has 0 bridgehead atoms. The second-order valence-corrected chi connectivity index (χ2v) is 4.30. The van der Waals surface area contributed by atoms with Crippen LogP contribution in [0, 0.1) is 10.1 Å². The summed E-state index contributed by atoms with van der Waals surface area (Å²) in [5.74, 6) is -1.37. The number of benzene rings is 1. The first-order chi connectivity index (χ1) is 9.40. The van der Waals surface area contributed by atoms with Crippen molar-refractivity contribution in [1.82, 2.24) is 0 Å². The van der Waals surface area contributed by atoms with Gasteiger partial charge in [-0.05, 0) is 0 Å². The molecule has 9 heteroatoms. The van der Waals surface area contributed by atoms with Gasteiger partial charge in [-0.25, -0.2) is 4.79 Å². The molecule has 0 fully saturated rings. The molecule has 0 aromatic heterocycles. The normalized spacial score (nSPS) is 11.9. The third-order valence-electron chi connectivity index (χ3n) is 2.45. The van der Waals surface area contributed by atoms with Crippen molar-refractivity contribution in [3.05, 3.63) is 32.8 Å². The van der Waals surface area contributed by atoms with Crippen LogP contribution in [-0.4, -0.2) is 47.5 Å². The van der Waals surface area contributed by atoms with Gasteiger partial charge in [-0.2, -0.15) is 0 Å². The zero-order valence-electron chi connectivity index (χ0n) is 10.5. The minimum atomic E-state index is -1.37. The van der Waals surface area contributed by atoms with Gasteiger partial charge in [0.1, 0.15) is 0 Å². The lowest BCUT2D eigenvalue weighted by Gasteiger charge is -2.19. The summed E-state index contributed by atoms with van der Waals surface area (Å²) in [6, 6.07) is 1.35. The van der Waals surface area contributed by atoms with E-state index in [0.717, 1.165) is 12.1 Å². The van der Waals surface area contributed by atoms with Crippen molar-refractivity contribution in [3.8, 4) is 0 Å². The van der Waals surface area contributed by atoms with Gasteiger partial charge >= 0.3 is 5.97 Å². The highest BCUT2D eigenvalue weighted by Gasteiger charge is 2.22. The number of nitrogens with one attached hydrogen (secondary N) is 1. The second-order valence-electron chi connectivity index (χ2n) is 3.89. The number of nitro groups is 1. The number of rotatable bonds is 7. The van der Waals surface area contributed by atoms with Gasteiger partial charge in [-0.15, -0.1) is 0 Å². The molecule has 0 aliphatic carbocycles. The number of carboxylic acid groups (broad SMARTS) is 1. The Kier molecular flexibility index (Phi) is 5.68. The first kappa shape index (κ1) is 16.2. The molecule has 110 valence electrons. The predicted octanol–water partition coefficient (Wildman–Crippen LogP) is 1.37. The molecule has 1 aromatic rings. The van der Waals surface area contributed by atoms with Crippen molar-refractivity contribution >= 4 is 28.9 Å². The molecule has 0 saturated heterocycles. The molecule has 0 aliphatic heterocycles. The number of non-ortho nitro benzene ring substituents is 1. The van der Waals surface area contributed by atoms with Gasteiger partial charge in [-0.3, -0.25) is 10.1 Å². The molecule has 0 spiro atoms. The van der Waals surface area contributed by atoms with Gasteiger partial charge in [0.25, 0.3) is 5.69 Å². The number of nitro benzene ring substituents is 1. The monoisotopic (exact) mass is 304 g/mol. The largest absolute Gasteiger partial charge is 0.478 e. The number of ether oxygens (including phenoxy) is 1. The topological polar surface area (TPSA) is 122 Å². The average molecular weight is 305 g/mol. The van der Waals surface area contributed by atoms with Crippen LogP contribution in [0.3, 0.4) is 0 Å². The number of aliphatic hydroxyl groups excluding tert-OH is 1. The molecule has 3 N–H and O–H groups in total. The van der Waals surface area contributed by atoms with E-state index in [2.05, 4.69) is 5.32 Å². The first-order valence-electron chi connectivity index (χ1n) is 5.48. The van der Waals surface area contributed by atoms with Gasteiger partial charge in [0.2, 0.25) is 0 Å². The summed E-state index contributed by atoms with van der Waals surface area (Å²) in [5, 5.41) is 31.5. The molecule has 0 aliphatic rings. The van der Waals surface area contributed by atoms with Crippen LogP contribution >= 0.6 is 11.6 Å². The fraction of sp³-hybridized carbons (Fsp3) is 0.364. The number of methoxy groups -OCH3 is 1. The van der Waals surface area contributed by atoms with E-state index in [1.54, 1.807) is 0 Å². The Morgan fingerprint density at radius 1 is 1.60 bits per heavy atom. The van der Waals surface area contributed by atoms with Gasteiger partial charge in [0.15, 0.2) is 0 Å². The molecule has 0 saturated carbocycles. The molecule has 0 radical (unpaired) electrons. The Morgan fingerprint density at radius 2 is 2.25 bits per heavy atom. The number of aromatic carboxylic acids is 1. The molecule has 1 atom stereocenters. The average Bonchev–Trinajstić information content (AvgIpc) is 2.39. The Morgan fingerprint density at radius 3 is 2.70 bits per heavy atom. The summed E-state index contributed by atoms with van der Waals surface area (Å²) in [6.07, 6.45) is 0. The number of hydrogen-bond acceptors (Lipinski definition) is 6. The molecule has 0 amide bonds. The van der Waals surface area contributed by atoms with Crippen molar-refractivity contribution < 1.29 is 24.7 Å². The lowest BCUT2D eigenvalue weighted by molar-refractivity contribution is -0.384. The van der Waals surface area contributed by atoms with Crippen LogP contribution < -0.4 is 5.32 Å². The molecular formula is C11H13ClN2O6. The van der Waals surface area contributed by atoms with Crippen LogP contribution in [0.15, 0.2) is 12.1 Å². The molecule has 1 rings (SSSR count). The Labute approximate surface area is 119 Å². The third kappa shape index (κ3) is 3.80. The highest BCUT2D eigenvalue weighted by atomic mass is 35.5. The van der Waals surface area contributed by atoms with E-state index in [4.69, 9.17) is 26.6 Å². The van der Waals surface area contributed by atoms with E-state index in [1.165, 1.54) is 7.11 Å². The molecule has 1 aromatic carbocycles. The third-order valence-corrected chi connectivity index (χ3v) is 2.75. The van der Waals surface area contributed by atoms with E-state index in [1.807, 2.05) is 0 Å². The molecule has 0 heterocycles. The van der Waals surface area contributed by atoms with Crippen LogP contribution in [0.5, 0.6) is 0 Å². The summed E-state index contributed by atoms with van der Waals surface area (Å²) in [5.41, 5.74) is -0.773. The van der Waals surface area contributed by atoms with E-state index in [9.17, 15) is 14.9 Å². The Hall–Kier alpha value is -1.90. The second kappa shape index (κ2) is 7.04. The maximum absolute atomic E-state index is 11.2. The number of hydrogen-bond donors (Lipinski definition) is 3. The smallest absolute Gasteiger partial charge is 0.338 e. The van der Waals surface area contributed by atoms with Gasteiger partial charge in [-0.1, -0.05) is 11.6 Å². The molecule has 1 unspecified atom stereocenters. The van der Waals surface area contributed by atoms with E-state index in [-0.39, 0.29) is 29.5 Å². The molecule has 8 nitrogen and oxygen atoms in total. The van der Waals surface area contributed by atoms with Crippen LogP contribution in [0.25, 0.3) is 0 Å². The van der Waals surface area contributed by atoms with Gasteiger partial charge < -0.3 is 20.3 Å². The van der Waals surface area contributed by atoms with Crippen LogP contribution in [0.4, 0.5) is 11.4 Å². The minimum absolute atomic E-state index is 0.000802. The maximum atomic E-state index is 11.2. The minimum Gasteiger partial charge on any atom is -0.478 e. The number of anilines is 1. The summed E-state index contributed by atoms with van der Waals surface area (Å²) >= 11 is 5.87. The number of carboxylic acids is 1. The Bertz CT molecular complexity index is 522. The van der Waals surface area contributed by atoms with Crippen LogP contribution in [-0.2, 0) is 4.74 Å². The number of nitrogens with zero attached hydrogens (tertiary/aromatic N) is 1. The van der Waals surface area contributed by atoms with Crippen molar-refractivity contribution in [1.29, 1.82) is 0 Å². The van der Waals surface area contributed by atoms with Crippen LogP contribution in [0.1, 0.15) is 10.4 Å². The molecular weight excluding hydrogens is 292 g/mol. The van der Waals surface area contributed by atoms with Crippen molar-refractivity contribution in [2.75, 3.05) is 25.6 Å². The standard InChI is InChI=1S/C11H13ClN2O6/c1-20-5-6(4-15)13-10-8(11(16)17)2-7(14(18)19)3-9(10)12/h2-3,6,13,15H,4-5H2,1H3,(H,16,17). The highest BCUT2D eigenvalue weighted by Crippen LogP contribution is 2.31. The number of halogens is 1. The van der Waals surface area contributed by atoms with Gasteiger partial charge in [0, 0.05) is 19.2 Å². The summed E-state index contributed by atoms with van der Waals surface area (Å²) in [4.78, 5) is 21.1. The van der Waals surface area contributed by atoms with Crippen molar-refractivity contribution in [2.45, 2.75) is 6.04 Å². The van der Waals surface area contributed by atoms with Crippen molar-refractivity contribution in [2.24, 2.45) is 0 Å². The SMILES string of the molecule is COCC(CO)Nc1c(Cl)cc([N+](=O)[O-])cc1C(=O)O.